The van der Waals surface area contributed by atoms with E-state index in [1.165, 1.54) is 0 Å². The van der Waals surface area contributed by atoms with E-state index in [-0.39, 0.29) is 17.7 Å². The molecule has 0 aromatic heterocycles. The number of carbonyl (C=O) groups excluding carboxylic acids is 3. The van der Waals surface area contributed by atoms with Crippen molar-refractivity contribution in [3.63, 3.8) is 0 Å². The van der Waals surface area contributed by atoms with Crippen molar-refractivity contribution in [2.45, 2.75) is 64.0 Å². The van der Waals surface area contributed by atoms with Crippen LogP contribution in [0.1, 0.15) is 57.4 Å². The average molecular weight is 491 g/mol. The van der Waals surface area contributed by atoms with Crippen molar-refractivity contribution in [2.24, 2.45) is 0 Å². The van der Waals surface area contributed by atoms with Crippen LogP contribution in [0.15, 0.2) is 60.7 Å². The highest BCUT2D eigenvalue weighted by Crippen LogP contribution is 2.36. The molecule has 3 amide bonds. The molecular weight excluding hydrogens is 452 g/mol. The number of rotatable bonds is 10. The number of para-hydroxylation sites is 1. The van der Waals surface area contributed by atoms with E-state index in [4.69, 9.17) is 0 Å². The lowest BCUT2D eigenvalue weighted by atomic mass is 9.85. The van der Waals surface area contributed by atoms with Gasteiger partial charge in [-0.2, -0.15) is 0 Å². The van der Waals surface area contributed by atoms with Gasteiger partial charge in [0, 0.05) is 44.7 Å². The fourth-order valence-corrected chi connectivity index (χ4v) is 5.33. The molecule has 0 radical (unpaired) electrons. The first kappa shape index (κ1) is 25.7. The quantitative estimate of drug-likeness (QED) is 0.512. The van der Waals surface area contributed by atoms with Gasteiger partial charge in [-0.05, 0) is 37.0 Å². The SMILES string of the molecule is CCCCCC(=O)N(CCC(=O)N1CCC2(CC1)C(=O)NCN2c1ccccc1)Cc1ccccc1. The third-order valence-corrected chi connectivity index (χ3v) is 7.51. The number of amides is 3. The molecule has 0 atom stereocenters. The average Bonchev–Trinajstić information content (AvgIpc) is 3.22. The molecule has 0 bridgehead atoms. The van der Waals surface area contributed by atoms with Gasteiger partial charge in [-0.1, -0.05) is 68.3 Å². The van der Waals surface area contributed by atoms with E-state index in [0.717, 1.165) is 30.5 Å². The van der Waals surface area contributed by atoms with E-state index in [1.807, 2.05) is 70.5 Å². The number of unbranched alkanes of at least 4 members (excludes halogenated alkanes) is 2. The smallest absolute Gasteiger partial charge is 0.247 e. The molecule has 7 heteroatoms. The van der Waals surface area contributed by atoms with Crippen LogP contribution < -0.4 is 10.2 Å². The number of likely N-dealkylation sites (tertiary alicyclic amines) is 1. The predicted molar refractivity (Wildman–Crippen MR) is 141 cm³/mol. The summed E-state index contributed by atoms with van der Waals surface area (Å²) in [5.74, 6) is 0.206. The molecule has 36 heavy (non-hydrogen) atoms. The molecular formula is C29H38N4O3. The second-order valence-corrected chi connectivity index (χ2v) is 9.85. The Morgan fingerprint density at radius 1 is 0.944 bits per heavy atom. The van der Waals surface area contributed by atoms with Gasteiger partial charge in [-0.25, -0.2) is 0 Å². The second kappa shape index (κ2) is 12.1. The van der Waals surface area contributed by atoms with Gasteiger partial charge in [0.25, 0.3) is 0 Å². The summed E-state index contributed by atoms with van der Waals surface area (Å²) in [6.45, 7) is 4.63. The van der Waals surface area contributed by atoms with Crippen molar-refractivity contribution in [1.82, 2.24) is 15.1 Å². The fourth-order valence-electron chi connectivity index (χ4n) is 5.33. The highest BCUT2D eigenvalue weighted by atomic mass is 16.2. The largest absolute Gasteiger partial charge is 0.342 e. The third kappa shape index (κ3) is 5.89. The van der Waals surface area contributed by atoms with Crippen LogP contribution in [0.25, 0.3) is 0 Å². The fraction of sp³-hybridized carbons (Fsp3) is 0.483. The van der Waals surface area contributed by atoms with Gasteiger partial charge in [0.1, 0.15) is 5.54 Å². The maximum Gasteiger partial charge on any atom is 0.247 e. The normalized spacial score (nSPS) is 16.8. The second-order valence-electron chi connectivity index (χ2n) is 9.85. The van der Waals surface area contributed by atoms with Crippen LogP contribution in [0.3, 0.4) is 0 Å². The summed E-state index contributed by atoms with van der Waals surface area (Å²) in [5.41, 5.74) is 1.49. The predicted octanol–water partition coefficient (Wildman–Crippen LogP) is 3.94. The van der Waals surface area contributed by atoms with Gasteiger partial charge in [-0.3, -0.25) is 14.4 Å². The van der Waals surface area contributed by atoms with Gasteiger partial charge in [0.05, 0.1) is 6.67 Å². The first-order valence-electron chi connectivity index (χ1n) is 13.2. The molecule has 0 unspecified atom stereocenters. The highest BCUT2D eigenvalue weighted by molar-refractivity contribution is 5.93. The van der Waals surface area contributed by atoms with Crippen molar-refractivity contribution in [1.29, 1.82) is 0 Å². The molecule has 2 fully saturated rings. The Labute approximate surface area is 214 Å². The lowest BCUT2D eigenvalue weighted by Crippen LogP contribution is -2.57. The Morgan fingerprint density at radius 3 is 2.28 bits per heavy atom. The van der Waals surface area contributed by atoms with Crippen LogP contribution in [-0.4, -0.2) is 59.4 Å². The summed E-state index contributed by atoms with van der Waals surface area (Å²) in [7, 11) is 0. The maximum atomic E-state index is 13.1. The zero-order chi connectivity index (χ0) is 25.4. The van der Waals surface area contributed by atoms with Crippen molar-refractivity contribution >= 4 is 23.4 Å². The van der Waals surface area contributed by atoms with Gasteiger partial charge in [0.2, 0.25) is 17.7 Å². The zero-order valence-corrected chi connectivity index (χ0v) is 21.3. The van der Waals surface area contributed by atoms with Crippen LogP contribution in [0.4, 0.5) is 5.69 Å². The molecule has 2 aromatic rings. The summed E-state index contributed by atoms with van der Waals surface area (Å²) in [4.78, 5) is 44.8. The minimum absolute atomic E-state index is 0.0464. The number of nitrogens with one attached hydrogen (secondary N) is 1. The summed E-state index contributed by atoms with van der Waals surface area (Å²) in [6, 6.07) is 19.9. The number of anilines is 1. The number of carbonyl (C=O) groups is 3. The lowest BCUT2D eigenvalue weighted by Gasteiger charge is -2.43. The highest BCUT2D eigenvalue weighted by Gasteiger charge is 2.50. The Balaban J connectivity index is 1.35. The third-order valence-electron chi connectivity index (χ3n) is 7.51. The van der Waals surface area contributed by atoms with Crippen molar-refractivity contribution in [2.75, 3.05) is 31.2 Å². The molecule has 7 nitrogen and oxygen atoms in total. The first-order valence-corrected chi connectivity index (χ1v) is 13.2. The Bertz CT molecular complexity index is 1020. The number of benzene rings is 2. The minimum Gasteiger partial charge on any atom is -0.342 e. The molecule has 2 heterocycles. The van der Waals surface area contributed by atoms with Crippen LogP contribution >= 0.6 is 0 Å². The summed E-state index contributed by atoms with van der Waals surface area (Å²) in [5, 5.41) is 3.01. The summed E-state index contributed by atoms with van der Waals surface area (Å²) in [6.07, 6.45) is 5.00. The van der Waals surface area contributed by atoms with E-state index < -0.39 is 5.54 Å². The van der Waals surface area contributed by atoms with Gasteiger partial charge < -0.3 is 20.0 Å². The van der Waals surface area contributed by atoms with Crippen LogP contribution in [0.2, 0.25) is 0 Å². The molecule has 1 N–H and O–H groups in total. The van der Waals surface area contributed by atoms with Gasteiger partial charge in [0.15, 0.2) is 0 Å². The Kier molecular flexibility index (Phi) is 8.62. The molecule has 1 spiro atoms. The lowest BCUT2D eigenvalue weighted by molar-refractivity contribution is -0.137. The van der Waals surface area contributed by atoms with Crippen molar-refractivity contribution in [3.05, 3.63) is 66.2 Å². The number of hydrogen-bond donors (Lipinski definition) is 1. The molecule has 0 saturated carbocycles. The minimum atomic E-state index is -0.604. The zero-order valence-electron chi connectivity index (χ0n) is 21.3. The number of nitrogens with zero attached hydrogens (tertiary/aromatic N) is 3. The van der Waals surface area contributed by atoms with Crippen LogP contribution in [0, 0.1) is 0 Å². The topological polar surface area (TPSA) is 73.0 Å². The van der Waals surface area contributed by atoms with Gasteiger partial charge in [-0.15, -0.1) is 0 Å². The standard InChI is InChI=1S/C29H38N4O3/c1-2-3-6-15-26(34)32(22-24-11-7-4-8-12-24)19-16-27(35)31-20-17-29(18-21-31)28(36)30-23-33(29)25-13-9-5-10-14-25/h4-5,7-14H,2-3,6,15-23H2,1H3,(H,30,36). The molecule has 2 aliphatic rings. The Morgan fingerprint density at radius 2 is 1.61 bits per heavy atom. The molecule has 4 rings (SSSR count). The number of hydrogen-bond acceptors (Lipinski definition) is 4. The molecule has 2 aliphatic heterocycles. The number of piperidine rings is 1. The first-order chi connectivity index (χ1) is 17.5. The van der Waals surface area contributed by atoms with E-state index in [9.17, 15) is 14.4 Å². The maximum absolute atomic E-state index is 13.1. The monoisotopic (exact) mass is 490 g/mol. The van der Waals surface area contributed by atoms with E-state index in [1.54, 1.807) is 0 Å². The summed E-state index contributed by atoms with van der Waals surface area (Å²) >= 11 is 0. The van der Waals surface area contributed by atoms with Crippen LogP contribution in [0.5, 0.6) is 0 Å². The molecule has 2 saturated heterocycles. The summed E-state index contributed by atoms with van der Waals surface area (Å²) < 4.78 is 0. The van der Waals surface area contributed by atoms with E-state index >= 15 is 0 Å². The van der Waals surface area contributed by atoms with Crippen LogP contribution in [-0.2, 0) is 20.9 Å². The van der Waals surface area contributed by atoms with Gasteiger partial charge >= 0.3 is 0 Å². The van der Waals surface area contributed by atoms with Crippen molar-refractivity contribution < 1.29 is 14.4 Å². The Hall–Kier alpha value is -3.35. The van der Waals surface area contributed by atoms with Crippen molar-refractivity contribution in [3.8, 4) is 0 Å². The van der Waals surface area contributed by atoms with E-state index in [2.05, 4.69) is 17.1 Å². The molecule has 0 aliphatic carbocycles. The van der Waals surface area contributed by atoms with E-state index in [0.29, 0.717) is 58.5 Å². The molecule has 192 valence electrons. The molecule has 2 aromatic carbocycles.